The number of hydrogen-bond donors (Lipinski definition) is 2. The summed E-state index contributed by atoms with van der Waals surface area (Å²) >= 11 is 5.98. The van der Waals surface area contributed by atoms with Crippen molar-refractivity contribution in [3.05, 3.63) is 88.4 Å². The van der Waals surface area contributed by atoms with E-state index in [1.54, 1.807) is 73.7 Å². The summed E-state index contributed by atoms with van der Waals surface area (Å²) in [4.78, 5) is 36.8. The predicted octanol–water partition coefficient (Wildman–Crippen LogP) is 4.63. The van der Waals surface area contributed by atoms with Gasteiger partial charge in [0.05, 0.1) is 42.1 Å². The highest BCUT2D eigenvalue weighted by Crippen LogP contribution is 2.29. The summed E-state index contributed by atoms with van der Waals surface area (Å²) in [6.07, 6.45) is 2.29. The van der Waals surface area contributed by atoms with Crippen LogP contribution >= 0.6 is 11.6 Å². The second-order valence-electron chi connectivity index (χ2n) is 7.86. The molecule has 0 aromatic heterocycles. The van der Waals surface area contributed by atoms with Gasteiger partial charge in [0.25, 0.3) is 11.8 Å². The first-order valence-corrected chi connectivity index (χ1v) is 12.4. The number of carbonyl (C=O) groups excluding carboxylic acids is 3. The molecule has 9 nitrogen and oxygen atoms in total. The van der Waals surface area contributed by atoms with Crippen LogP contribution in [0, 0.1) is 0 Å². The minimum atomic E-state index is -0.541. The quantitative estimate of drug-likeness (QED) is 0.151. The van der Waals surface area contributed by atoms with Gasteiger partial charge in [-0.2, -0.15) is 5.10 Å². The smallest absolute Gasteiger partial charge is 0.343 e. The van der Waals surface area contributed by atoms with Gasteiger partial charge in [-0.05, 0) is 73.5 Å². The topological polar surface area (TPSA) is 115 Å². The molecule has 0 fully saturated rings. The Labute approximate surface area is 225 Å². The lowest BCUT2D eigenvalue weighted by Gasteiger charge is -2.12. The fourth-order valence-electron chi connectivity index (χ4n) is 3.14. The van der Waals surface area contributed by atoms with Crippen LogP contribution in [0.3, 0.4) is 0 Å². The van der Waals surface area contributed by atoms with Crippen molar-refractivity contribution in [1.82, 2.24) is 10.7 Å². The molecule has 3 aromatic rings. The van der Waals surface area contributed by atoms with Gasteiger partial charge >= 0.3 is 5.97 Å². The average Bonchev–Trinajstić information content (AvgIpc) is 2.92. The van der Waals surface area contributed by atoms with Crippen molar-refractivity contribution in [2.45, 2.75) is 20.3 Å². The monoisotopic (exact) mass is 537 g/mol. The molecule has 0 heterocycles. The predicted molar refractivity (Wildman–Crippen MR) is 144 cm³/mol. The van der Waals surface area contributed by atoms with E-state index in [0.717, 1.165) is 6.42 Å². The summed E-state index contributed by atoms with van der Waals surface area (Å²) < 4.78 is 16.7. The summed E-state index contributed by atoms with van der Waals surface area (Å²) in [6, 6.07) is 18.1. The van der Waals surface area contributed by atoms with Crippen LogP contribution in [0.25, 0.3) is 0 Å². The first-order chi connectivity index (χ1) is 18.4. The van der Waals surface area contributed by atoms with Gasteiger partial charge in [0.15, 0.2) is 11.5 Å². The van der Waals surface area contributed by atoms with E-state index in [2.05, 4.69) is 15.8 Å². The van der Waals surface area contributed by atoms with Crippen molar-refractivity contribution < 1.29 is 28.6 Å². The van der Waals surface area contributed by atoms with Crippen LogP contribution in [-0.4, -0.2) is 43.8 Å². The number of nitrogens with one attached hydrogen (secondary N) is 2. The number of nitrogens with zero attached hydrogens (tertiary/aromatic N) is 1. The highest BCUT2D eigenvalue weighted by Gasteiger charge is 2.14. The molecule has 10 heteroatoms. The van der Waals surface area contributed by atoms with Crippen molar-refractivity contribution in [2.24, 2.45) is 5.10 Å². The standard InChI is InChI=1S/C28H28ClN3O6/c1-3-15-37-21-12-10-20(11-13-21)28(35)38-24-14-9-19(16-25(24)36-4-2)17-31-32-26(33)18-30-27(34)22-7-5-6-8-23(22)29/h5-14,16-17H,3-4,15,18H2,1-2H3,(H,30,34)(H,32,33)/b31-17-. The molecule has 0 saturated carbocycles. The van der Waals surface area contributed by atoms with Crippen LogP contribution in [0.4, 0.5) is 0 Å². The second-order valence-corrected chi connectivity index (χ2v) is 8.26. The summed E-state index contributed by atoms with van der Waals surface area (Å²) in [5.74, 6) is -0.277. The van der Waals surface area contributed by atoms with Crippen LogP contribution in [0.5, 0.6) is 17.2 Å². The van der Waals surface area contributed by atoms with E-state index in [4.69, 9.17) is 25.8 Å². The second kappa shape index (κ2) is 14.4. The third kappa shape index (κ3) is 8.35. The highest BCUT2D eigenvalue weighted by atomic mass is 35.5. The number of esters is 1. The lowest BCUT2D eigenvalue weighted by molar-refractivity contribution is -0.120. The normalized spacial score (nSPS) is 10.6. The van der Waals surface area contributed by atoms with Crippen LogP contribution in [-0.2, 0) is 4.79 Å². The molecule has 38 heavy (non-hydrogen) atoms. The van der Waals surface area contributed by atoms with Gasteiger partial charge in [-0.15, -0.1) is 0 Å². The number of benzene rings is 3. The molecule has 0 aliphatic carbocycles. The Morgan fingerprint density at radius 2 is 1.71 bits per heavy atom. The van der Waals surface area contributed by atoms with E-state index in [9.17, 15) is 14.4 Å². The zero-order chi connectivity index (χ0) is 27.3. The van der Waals surface area contributed by atoms with Gasteiger partial charge in [0, 0.05) is 0 Å². The molecule has 0 saturated heterocycles. The number of hydrazone groups is 1. The van der Waals surface area contributed by atoms with Gasteiger partial charge in [0.1, 0.15) is 5.75 Å². The summed E-state index contributed by atoms with van der Waals surface area (Å²) in [5.41, 5.74) is 3.56. The lowest BCUT2D eigenvalue weighted by atomic mass is 10.2. The fourth-order valence-corrected chi connectivity index (χ4v) is 3.36. The van der Waals surface area contributed by atoms with E-state index in [1.165, 1.54) is 6.21 Å². The Kier molecular flexibility index (Phi) is 10.7. The molecule has 0 spiro atoms. The fraction of sp³-hybridized carbons (Fsp3) is 0.214. The summed E-state index contributed by atoms with van der Waals surface area (Å²) in [5, 5.41) is 6.67. The molecule has 2 amide bonds. The molecule has 0 aliphatic heterocycles. The number of halogens is 1. The number of ether oxygens (including phenoxy) is 3. The minimum absolute atomic E-state index is 0.242. The number of hydrogen-bond acceptors (Lipinski definition) is 7. The van der Waals surface area contributed by atoms with E-state index < -0.39 is 17.8 Å². The lowest BCUT2D eigenvalue weighted by Crippen LogP contribution is -2.35. The van der Waals surface area contributed by atoms with Crippen LogP contribution in [0.15, 0.2) is 71.8 Å². The summed E-state index contributed by atoms with van der Waals surface area (Å²) in [6.45, 7) is 4.48. The largest absolute Gasteiger partial charge is 0.494 e. The molecule has 0 unspecified atom stereocenters. The molecule has 0 atom stereocenters. The minimum Gasteiger partial charge on any atom is -0.494 e. The zero-order valence-corrected chi connectivity index (χ0v) is 21.8. The Hall–Kier alpha value is -4.37. The zero-order valence-electron chi connectivity index (χ0n) is 21.0. The highest BCUT2D eigenvalue weighted by molar-refractivity contribution is 6.33. The van der Waals surface area contributed by atoms with Crippen molar-refractivity contribution in [3.63, 3.8) is 0 Å². The average molecular weight is 538 g/mol. The number of rotatable bonds is 12. The van der Waals surface area contributed by atoms with Crippen molar-refractivity contribution >= 4 is 35.6 Å². The number of carbonyl (C=O) groups is 3. The van der Waals surface area contributed by atoms with Gasteiger partial charge in [-0.1, -0.05) is 30.7 Å². The molecular formula is C28H28ClN3O6. The molecule has 0 bridgehead atoms. The van der Waals surface area contributed by atoms with Crippen LogP contribution in [0.1, 0.15) is 46.5 Å². The van der Waals surface area contributed by atoms with Gasteiger partial charge < -0.3 is 19.5 Å². The number of amides is 2. The van der Waals surface area contributed by atoms with Crippen molar-refractivity contribution in [2.75, 3.05) is 19.8 Å². The molecule has 2 N–H and O–H groups in total. The van der Waals surface area contributed by atoms with E-state index in [-0.39, 0.29) is 22.9 Å². The third-order valence-corrected chi connectivity index (χ3v) is 5.29. The Balaban J connectivity index is 1.56. The molecule has 0 aliphatic rings. The Bertz CT molecular complexity index is 1290. The summed E-state index contributed by atoms with van der Waals surface area (Å²) in [7, 11) is 0. The molecule has 3 rings (SSSR count). The van der Waals surface area contributed by atoms with Gasteiger partial charge in [0.2, 0.25) is 0 Å². The first-order valence-electron chi connectivity index (χ1n) is 12.0. The van der Waals surface area contributed by atoms with Gasteiger partial charge in [-0.25, -0.2) is 10.2 Å². The molecule has 0 radical (unpaired) electrons. The molecular weight excluding hydrogens is 510 g/mol. The SMILES string of the molecule is CCCOc1ccc(C(=O)Oc2ccc(/C=N\NC(=O)CNC(=O)c3ccccc3Cl)cc2OCC)cc1. The van der Waals surface area contributed by atoms with Crippen molar-refractivity contribution in [3.8, 4) is 17.2 Å². The third-order valence-electron chi connectivity index (χ3n) is 4.96. The van der Waals surface area contributed by atoms with Crippen LogP contribution in [0.2, 0.25) is 5.02 Å². The van der Waals surface area contributed by atoms with E-state index in [0.29, 0.717) is 35.8 Å². The van der Waals surface area contributed by atoms with Gasteiger partial charge in [-0.3, -0.25) is 9.59 Å². The maximum atomic E-state index is 12.6. The maximum absolute atomic E-state index is 12.6. The Morgan fingerprint density at radius 1 is 0.947 bits per heavy atom. The van der Waals surface area contributed by atoms with E-state index in [1.807, 2.05) is 6.92 Å². The maximum Gasteiger partial charge on any atom is 0.343 e. The first kappa shape index (κ1) is 28.2. The Morgan fingerprint density at radius 3 is 2.42 bits per heavy atom. The van der Waals surface area contributed by atoms with Crippen molar-refractivity contribution in [1.29, 1.82) is 0 Å². The van der Waals surface area contributed by atoms with Crippen LogP contribution < -0.4 is 25.0 Å². The molecule has 198 valence electrons. The van der Waals surface area contributed by atoms with E-state index >= 15 is 0 Å². The molecule has 3 aromatic carbocycles.